The molecular formula is C20H24ClN5O2. The number of likely N-dealkylation sites (tertiary alicyclic amines) is 1. The molecule has 1 fully saturated rings. The monoisotopic (exact) mass is 401 g/mol. The molecule has 0 saturated carbocycles. The number of amides is 1. The number of aryl methyl sites for hydroxylation is 1. The van der Waals surface area contributed by atoms with Crippen molar-refractivity contribution in [1.82, 2.24) is 25.0 Å². The predicted octanol–water partition coefficient (Wildman–Crippen LogP) is 2.88. The Labute approximate surface area is 169 Å². The lowest BCUT2D eigenvalue weighted by atomic mass is 9.95. The second kappa shape index (κ2) is 7.56. The van der Waals surface area contributed by atoms with Gasteiger partial charge in [0.1, 0.15) is 17.2 Å². The average Bonchev–Trinajstić information content (AvgIpc) is 3.31. The summed E-state index contributed by atoms with van der Waals surface area (Å²) in [7, 11) is 0. The quantitative estimate of drug-likeness (QED) is 0.714. The summed E-state index contributed by atoms with van der Waals surface area (Å²) in [5.74, 6) is 2.88. The van der Waals surface area contributed by atoms with Gasteiger partial charge in [-0.1, -0.05) is 11.6 Å². The molecule has 8 heteroatoms. The minimum Gasteiger partial charge on any atom is -0.451 e. The molecular weight excluding hydrogens is 378 g/mol. The van der Waals surface area contributed by atoms with E-state index in [1.807, 2.05) is 36.1 Å². The van der Waals surface area contributed by atoms with E-state index in [0.717, 1.165) is 73.7 Å². The Bertz CT molecular complexity index is 1000. The highest BCUT2D eigenvalue weighted by molar-refractivity contribution is 5.96. The van der Waals surface area contributed by atoms with Crippen LogP contribution in [0.2, 0.25) is 0 Å². The van der Waals surface area contributed by atoms with Gasteiger partial charge in [-0.15, -0.1) is 22.6 Å². The van der Waals surface area contributed by atoms with Gasteiger partial charge in [0.25, 0.3) is 5.91 Å². The minimum absolute atomic E-state index is 0. The molecule has 2 aromatic heterocycles. The van der Waals surface area contributed by atoms with E-state index < -0.39 is 0 Å². The molecule has 2 aliphatic rings. The Morgan fingerprint density at radius 3 is 2.82 bits per heavy atom. The number of fused-ring (bicyclic) bond motifs is 2. The Morgan fingerprint density at radius 2 is 2.00 bits per heavy atom. The lowest BCUT2D eigenvalue weighted by Crippen LogP contribution is -2.38. The third-order valence-corrected chi connectivity index (χ3v) is 5.68. The summed E-state index contributed by atoms with van der Waals surface area (Å²) in [5.41, 5.74) is 1.93. The Balaban J connectivity index is 0.00000192. The number of aromatic nitrogens is 3. The molecule has 1 N–H and O–H groups in total. The molecule has 0 unspecified atom stereocenters. The fraction of sp³-hybridized carbons (Fsp3) is 0.450. The van der Waals surface area contributed by atoms with Crippen LogP contribution in [0.1, 0.15) is 46.5 Å². The first-order valence-electron chi connectivity index (χ1n) is 9.61. The number of hydrogen-bond donors (Lipinski definition) is 1. The number of carbonyl (C=O) groups is 1. The van der Waals surface area contributed by atoms with Crippen molar-refractivity contribution < 1.29 is 9.21 Å². The van der Waals surface area contributed by atoms with E-state index in [1.54, 1.807) is 0 Å². The van der Waals surface area contributed by atoms with E-state index in [0.29, 0.717) is 11.7 Å². The second-order valence-corrected chi connectivity index (χ2v) is 7.52. The topological polar surface area (TPSA) is 76.2 Å². The summed E-state index contributed by atoms with van der Waals surface area (Å²) in [4.78, 5) is 14.8. The standard InChI is InChI=1S/C20H23N5O2.ClH/c1-13-2-3-16-15(10-13)11-17(27-16)20(26)24-7-4-14(5-8-24)19-23-22-18-12-21-6-9-25(18)19;/h2-3,10-11,14,21H,4-9,12H2,1H3;1H. The number of hydrogen-bond acceptors (Lipinski definition) is 5. The first-order valence-corrected chi connectivity index (χ1v) is 9.61. The summed E-state index contributed by atoms with van der Waals surface area (Å²) >= 11 is 0. The van der Waals surface area contributed by atoms with Crippen LogP contribution in [0.25, 0.3) is 11.0 Å². The van der Waals surface area contributed by atoms with Gasteiger partial charge in [-0.25, -0.2) is 0 Å². The van der Waals surface area contributed by atoms with Gasteiger partial charge in [0.05, 0.1) is 6.54 Å². The van der Waals surface area contributed by atoms with Gasteiger partial charge in [-0.2, -0.15) is 0 Å². The zero-order valence-corrected chi connectivity index (χ0v) is 16.7. The number of piperidine rings is 1. The summed E-state index contributed by atoms with van der Waals surface area (Å²) in [6, 6.07) is 7.83. The maximum absolute atomic E-state index is 12.9. The van der Waals surface area contributed by atoms with Gasteiger partial charge < -0.3 is 19.2 Å². The summed E-state index contributed by atoms with van der Waals surface area (Å²) in [5, 5.41) is 13.1. The SMILES string of the molecule is Cc1ccc2oc(C(=O)N3CCC(c4nnc5n4CCNC5)CC3)cc2c1.Cl. The molecule has 0 atom stereocenters. The fourth-order valence-corrected chi connectivity index (χ4v) is 4.18. The zero-order valence-electron chi connectivity index (χ0n) is 15.9. The third-order valence-electron chi connectivity index (χ3n) is 5.68. The maximum atomic E-state index is 12.9. The molecule has 1 aromatic carbocycles. The predicted molar refractivity (Wildman–Crippen MR) is 108 cm³/mol. The largest absolute Gasteiger partial charge is 0.451 e. The maximum Gasteiger partial charge on any atom is 0.289 e. The van der Waals surface area contributed by atoms with Gasteiger partial charge in [0.15, 0.2) is 5.76 Å². The molecule has 0 radical (unpaired) electrons. The van der Waals surface area contributed by atoms with Crippen molar-refractivity contribution in [3.63, 3.8) is 0 Å². The van der Waals surface area contributed by atoms with Crippen LogP contribution in [0.15, 0.2) is 28.7 Å². The number of nitrogens with one attached hydrogen (secondary N) is 1. The highest BCUT2D eigenvalue weighted by Crippen LogP contribution is 2.29. The number of benzene rings is 1. The molecule has 0 spiro atoms. The zero-order chi connectivity index (χ0) is 18.4. The van der Waals surface area contributed by atoms with E-state index in [2.05, 4.69) is 20.1 Å². The van der Waals surface area contributed by atoms with Crippen LogP contribution in [0, 0.1) is 6.92 Å². The third kappa shape index (κ3) is 3.29. The van der Waals surface area contributed by atoms with Crippen molar-refractivity contribution in [2.45, 2.75) is 38.8 Å². The van der Waals surface area contributed by atoms with Crippen molar-refractivity contribution in [2.24, 2.45) is 0 Å². The van der Waals surface area contributed by atoms with Gasteiger partial charge in [-0.3, -0.25) is 4.79 Å². The van der Waals surface area contributed by atoms with Crippen LogP contribution in [0.3, 0.4) is 0 Å². The lowest BCUT2D eigenvalue weighted by molar-refractivity contribution is 0.0680. The first kappa shape index (κ1) is 19.0. The van der Waals surface area contributed by atoms with E-state index in [9.17, 15) is 4.79 Å². The Morgan fingerprint density at radius 1 is 1.18 bits per heavy atom. The molecule has 3 aromatic rings. The molecule has 1 saturated heterocycles. The molecule has 0 bridgehead atoms. The molecule has 148 valence electrons. The van der Waals surface area contributed by atoms with E-state index >= 15 is 0 Å². The minimum atomic E-state index is -0.0187. The summed E-state index contributed by atoms with van der Waals surface area (Å²) < 4.78 is 8.04. The van der Waals surface area contributed by atoms with E-state index in [4.69, 9.17) is 4.42 Å². The van der Waals surface area contributed by atoms with Crippen LogP contribution < -0.4 is 5.32 Å². The van der Waals surface area contributed by atoms with Crippen LogP contribution in [0.5, 0.6) is 0 Å². The smallest absolute Gasteiger partial charge is 0.289 e. The highest BCUT2D eigenvalue weighted by atomic mass is 35.5. The lowest BCUT2D eigenvalue weighted by Gasteiger charge is -2.31. The number of nitrogens with zero attached hydrogens (tertiary/aromatic N) is 4. The van der Waals surface area contributed by atoms with Crippen molar-refractivity contribution in [3.05, 3.63) is 47.2 Å². The molecule has 0 aliphatic carbocycles. The molecule has 7 nitrogen and oxygen atoms in total. The van der Waals surface area contributed by atoms with Crippen LogP contribution in [-0.2, 0) is 13.1 Å². The number of carbonyl (C=O) groups excluding carboxylic acids is 1. The Hall–Kier alpha value is -2.38. The fourth-order valence-electron chi connectivity index (χ4n) is 4.18. The van der Waals surface area contributed by atoms with Crippen molar-refractivity contribution in [2.75, 3.05) is 19.6 Å². The van der Waals surface area contributed by atoms with Gasteiger partial charge >= 0.3 is 0 Å². The number of halogens is 1. The first-order chi connectivity index (χ1) is 13.2. The number of rotatable bonds is 2. The van der Waals surface area contributed by atoms with Crippen molar-refractivity contribution in [1.29, 1.82) is 0 Å². The van der Waals surface area contributed by atoms with Gasteiger partial charge in [0.2, 0.25) is 0 Å². The summed E-state index contributed by atoms with van der Waals surface area (Å²) in [6.07, 6.45) is 1.83. The molecule has 2 aliphatic heterocycles. The molecule has 1 amide bonds. The highest BCUT2D eigenvalue weighted by Gasteiger charge is 2.30. The van der Waals surface area contributed by atoms with E-state index in [-0.39, 0.29) is 18.3 Å². The summed E-state index contributed by atoms with van der Waals surface area (Å²) in [6.45, 7) is 6.16. The normalized spacial score (nSPS) is 17.4. The van der Waals surface area contributed by atoms with Crippen molar-refractivity contribution >= 4 is 29.3 Å². The Kier molecular flexibility index (Phi) is 5.12. The molecule has 5 rings (SSSR count). The van der Waals surface area contributed by atoms with Gasteiger partial charge in [0, 0.05) is 37.5 Å². The van der Waals surface area contributed by atoms with Crippen LogP contribution in [-0.4, -0.2) is 45.2 Å². The molecule has 4 heterocycles. The number of furan rings is 1. The van der Waals surface area contributed by atoms with Crippen molar-refractivity contribution in [3.8, 4) is 0 Å². The van der Waals surface area contributed by atoms with Crippen LogP contribution >= 0.6 is 12.4 Å². The molecule has 28 heavy (non-hydrogen) atoms. The van der Waals surface area contributed by atoms with Gasteiger partial charge in [-0.05, 0) is 38.0 Å². The average molecular weight is 402 g/mol. The van der Waals surface area contributed by atoms with E-state index in [1.165, 1.54) is 0 Å². The second-order valence-electron chi connectivity index (χ2n) is 7.52. The van der Waals surface area contributed by atoms with Crippen LogP contribution in [0.4, 0.5) is 0 Å².